The number of carbonyl (C=O) groups is 2. The number of rotatable bonds is 9. The monoisotopic (exact) mass is 652 g/mol. The first-order valence-electron chi connectivity index (χ1n) is 14.6. The third-order valence-electron chi connectivity index (χ3n) is 8.43. The summed E-state index contributed by atoms with van der Waals surface area (Å²) in [6.07, 6.45) is 0.718. The molecule has 45 heavy (non-hydrogen) atoms. The van der Waals surface area contributed by atoms with Crippen molar-refractivity contribution in [3.63, 3.8) is 0 Å². The fourth-order valence-electron chi connectivity index (χ4n) is 6.47. The summed E-state index contributed by atoms with van der Waals surface area (Å²) in [5.41, 5.74) is 1.39. The average Bonchev–Trinajstić information content (AvgIpc) is 3.75. The number of hydrogen-bond donors (Lipinski definition) is 1. The van der Waals surface area contributed by atoms with Crippen molar-refractivity contribution in [1.82, 2.24) is 30.3 Å². The normalized spacial score (nSPS) is 20.0. The number of amides is 2. The second kappa shape index (κ2) is 12.4. The van der Waals surface area contributed by atoms with Gasteiger partial charge in [-0.25, -0.2) is 0 Å². The molecule has 1 unspecified atom stereocenters. The zero-order valence-electron chi connectivity index (χ0n) is 24.4. The van der Waals surface area contributed by atoms with Gasteiger partial charge >= 0.3 is 270 Å². The fourth-order valence-corrected chi connectivity index (χ4v) is 13.9. The summed E-state index contributed by atoms with van der Waals surface area (Å²) < 4.78 is 15.4. The van der Waals surface area contributed by atoms with Gasteiger partial charge in [0.15, 0.2) is 0 Å². The van der Waals surface area contributed by atoms with E-state index in [2.05, 4.69) is 93.5 Å². The maximum absolute atomic E-state index is 14.1. The van der Waals surface area contributed by atoms with Crippen molar-refractivity contribution in [2.24, 2.45) is 0 Å². The third-order valence-corrected chi connectivity index (χ3v) is 15.9. The first kappa shape index (κ1) is 29.6. The molecule has 1 fully saturated rings. The molecule has 13 heteroatoms. The van der Waals surface area contributed by atoms with Crippen LogP contribution in [0.15, 0.2) is 114 Å². The molecule has 9 nitrogen and oxygen atoms in total. The van der Waals surface area contributed by atoms with E-state index in [1.807, 2.05) is 35.7 Å². The molecule has 0 radical (unpaired) electrons. The van der Waals surface area contributed by atoms with Crippen LogP contribution in [0, 0.1) is 0 Å². The molecule has 3 atom stereocenters. The third kappa shape index (κ3) is 5.42. The molecule has 1 N–H and O–H groups in total. The van der Waals surface area contributed by atoms with E-state index in [-0.39, 0.29) is 24.0 Å². The van der Waals surface area contributed by atoms with Crippen LogP contribution in [0.4, 0.5) is 0 Å². The Morgan fingerprint density at radius 2 is 1.56 bits per heavy atom. The van der Waals surface area contributed by atoms with E-state index in [0.717, 1.165) is 10.5 Å². The van der Waals surface area contributed by atoms with Gasteiger partial charge in [0.2, 0.25) is 0 Å². The number of aromatic nitrogens is 4. The van der Waals surface area contributed by atoms with Gasteiger partial charge in [-0.15, -0.1) is 0 Å². The zero-order chi connectivity index (χ0) is 31.0. The molecule has 2 amide bonds. The predicted molar refractivity (Wildman–Crippen MR) is 184 cm³/mol. The number of hydrogen-bond acceptors (Lipinski definition) is 7. The molecule has 0 bridgehead atoms. The van der Waals surface area contributed by atoms with E-state index >= 15 is 0 Å². The Hall–Kier alpha value is -4.09. The van der Waals surface area contributed by atoms with Crippen molar-refractivity contribution in [1.29, 1.82) is 0 Å². The standard InChI is InChI=1S/C32H30BN6O3PS2/c33-39-36-30(35-37-39)29-22(21-45(42)32-28(31(41)38(29)32)34-27(40)19-26-17-10-18-44-26)20-43(23-11-4-1-5-12-23,24-13-6-2-7-14-24)25-15-8-3-9-16-25/h1-18,28,32,43H,19-21,33H2,(H,34,40)/t28-,32-,45?/m1/s1. The van der Waals surface area contributed by atoms with E-state index in [4.69, 9.17) is 0 Å². The number of nitrogens with zero attached hydrogens (tertiary/aromatic N) is 5. The Labute approximate surface area is 269 Å². The molecule has 1 saturated heterocycles. The molecule has 3 aromatic carbocycles. The number of β-lactam (4-membered cyclic amide) rings is 1. The Bertz CT molecular complexity index is 1760. The molecule has 4 heterocycles. The molecular formula is C32H30BN6O3PS2. The molecule has 7 rings (SSSR count). The molecular weight excluding hydrogens is 622 g/mol. The van der Waals surface area contributed by atoms with E-state index < -0.39 is 29.9 Å². The van der Waals surface area contributed by atoms with Crippen LogP contribution in [0.5, 0.6) is 0 Å². The van der Waals surface area contributed by atoms with E-state index in [9.17, 15) is 14.1 Å². The van der Waals surface area contributed by atoms with Gasteiger partial charge in [-0.3, -0.25) is 0 Å². The second-order valence-corrected chi connectivity index (χ2v) is 17.6. The number of benzene rings is 3. The van der Waals surface area contributed by atoms with Gasteiger partial charge in [-0.05, 0) is 0 Å². The summed E-state index contributed by atoms with van der Waals surface area (Å²) in [5, 5.41) is 20.6. The van der Waals surface area contributed by atoms with Crippen LogP contribution < -0.4 is 21.2 Å². The number of thiophene rings is 1. The molecule has 0 saturated carbocycles. The first-order chi connectivity index (χ1) is 22.0. The number of fused-ring (bicyclic) bond motifs is 1. The fraction of sp³-hybridized carbons (Fsp3) is 0.156. The molecule has 2 aromatic heterocycles. The first-order valence-corrected chi connectivity index (χ1v) is 19.1. The topological polar surface area (TPSA) is 116 Å². The number of nitrogens with one attached hydrogen (secondary N) is 1. The van der Waals surface area contributed by atoms with Gasteiger partial charge in [-0.1, -0.05) is 0 Å². The summed E-state index contributed by atoms with van der Waals surface area (Å²) in [4.78, 5) is 29.2. The quantitative estimate of drug-likeness (QED) is 0.111. The Morgan fingerprint density at radius 1 is 0.956 bits per heavy atom. The summed E-state index contributed by atoms with van der Waals surface area (Å²) in [7, 11) is -1.14. The zero-order valence-corrected chi connectivity index (χ0v) is 27.1. The van der Waals surface area contributed by atoms with Crippen LogP contribution in [0.3, 0.4) is 0 Å². The van der Waals surface area contributed by atoms with Gasteiger partial charge in [0.1, 0.15) is 0 Å². The molecule has 2 aliphatic rings. The molecule has 2 aliphatic heterocycles. The summed E-state index contributed by atoms with van der Waals surface area (Å²) in [6.45, 7) is 0. The average molecular weight is 653 g/mol. The Balaban J connectivity index is 1.35. The van der Waals surface area contributed by atoms with Crippen molar-refractivity contribution in [3.05, 3.63) is 125 Å². The van der Waals surface area contributed by atoms with E-state index in [1.165, 1.54) is 32.0 Å². The molecule has 0 spiro atoms. The van der Waals surface area contributed by atoms with Crippen LogP contribution in [0.25, 0.3) is 5.70 Å². The van der Waals surface area contributed by atoms with Crippen LogP contribution in [0.1, 0.15) is 10.7 Å². The van der Waals surface area contributed by atoms with E-state index in [0.29, 0.717) is 17.7 Å². The van der Waals surface area contributed by atoms with Crippen molar-refractivity contribution < 1.29 is 14.1 Å². The number of carbonyl (C=O) groups excluding carboxylic acids is 2. The maximum atomic E-state index is 14.1. The van der Waals surface area contributed by atoms with Gasteiger partial charge in [0.05, 0.1) is 0 Å². The van der Waals surface area contributed by atoms with Crippen LogP contribution in [0.2, 0.25) is 0 Å². The summed E-state index contributed by atoms with van der Waals surface area (Å²) >= 11 is 0.00126. The molecule has 0 aliphatic carbocycles. The summed E-state index contributed by atoms with van der Waals surface area (Å²) in [6, 6.07) is 34.3. The van der Waals surface area contributed by atoms with Crippen molar-refractivity contribution in [2.45, 2.75) is 17.8 Å². The number of tetrazole rings is 1. The van der Waals surface area contributed by atoms with Gasteiger partial charge < -0.3 is 0 Å². The van der Waals surface area contributed by atoms with Crippen molar-refractivity contribution >= 4 is 71.2 Å². The van der Waals surface area contributed by atoms with Gasteiger partial charge in [0.25, 0.3) is 0 Å². The van der Waals surface area contributed by atoms with Crippen molar-refractivity contribution in [3.8, 4) is 0 Å². The SMILES string of the molecule is Bn1nnc(C2=C(C[PH](c3ccccc3)(c3ccccc3)c3ccccc3)C[S+]([O-])[C@@H]3[C@H](NC(=O)Cc4cccs4)C(=O)N23)n1. The second-order valence-electron chi connectivity index (χ2n) is 11.2. The van der Waals surface area contributed by atoms with Crippen LogP contribution in [-0.2, 0) is 27.2 Å². The summed E-state index contributed by atoms with van der Waals surface area (Å²) in [5.74, 6) is -0.0624. The van der Waals surface area contributed by atoms with Gasteiger partial charge in [0, 0.05) is 0 Å². The van der Waals surface area contributed by atoms with Crippen molar-refractivity contribution in [2.75, 3.05) is 11.9 Å². The molecule has 226 valence electrons. The van der Waals surface area contributed by atoms with Gasteiger partial charge in [-0.2, -0.15) is 0 Å². The Kier molecular flexibility index (Phi) is 8.14. The van der Waals surface area contributed by atoms with E-state index in [1.54, 1.807) is 12.9 Å². The van der Waals surface area contributed by atoms with Crippen LogP contribution >= 0.6 is 18.6 Å². The Morgan fingerprint density at radius 3 is 2.07 bits per heavy atom. The molecule has 5 aromatic rings. The predicted octanol–water partition coefficient (Wildman–Crippen LogP) is 1.23. The minimum atomic E-state index is -2.82. The van der Waals surface area contributed by atoms with Crippen LogP contribution in [-0.4, -0.2) is 72.7 Å². The minimum absolute atomic E-state index is 0.166.